The maximum atomic E-state index is 12.5. The first-order valence-electron chi connectivity index (χ1n) is 6.96. The summed E-state index contributed by atoms with van der Waals surface area (Å²) < 4.78 is 29.7. The lowest BCUT2D eigenvalue weighted by Crippen LogP contribution is -2.27. The van der Waals surface area contributed by atoms with Gasteiger partial charge in [0, 0.05) is 29.9 Å². The molecule has 0 radical (unpaired) electrons. The highest BCUT2D eigenvalue weighted by Crippen LogP contribution is 2.24. The smallest absolute Gasteiger partial charge is 0.242 e. The fourth-order valence-electron chi connectivity index (χ4n) is 2.23. The van der Waals surface area contributed by atoms with Crippen molar-refractivity contribution in [3.05, 3.63) is 40.3 Å². The monoisotopic (exact) mass is 327 g/mol. The number of aromatic nitrogens is 1. The summed E-state index contributed by atoms with van der Waals surface area (Å²) in [5.74, 6) is 0. The van der Waals surface area contributed by atoms with Crippen LogP contribution >= 0.6 is 11.3 Å². The standard InChI is InChI=1S/C14H21N3O2S2/c1-3-13(14-6-5-7-20-14)16-21(18,19)12-8-11(9-15)17(4-2)10-12/h5-8,10,13,16H,3-4,9,15H2,1-2H3. The molecule has 0 amide bonds. The predicted octanol–water partition coefficient (Wildman–Crippen LogP) is 2.46. The number of nitrogens with two attached hydrogens (primary N) is 1. The molecule has 0 aromatic carbocycles. The molecule has 0 fully saturated rings. The fourth-order valence-corrected chi connectivity index (χ4v) is 4.52. The summed E-state index contributed by atoms with van der Waals surface area (Å²) >= 11 is 1.56. The highest BCUT2D eigenvalue weighted by atomic mass is 32.2. The minimum absolute atomic E-state index is 0.193. The summed E-state index contributed by atoms with van der Waals surface area (Å²) in [5, 5.41) is 1.95. The molecule has 0 spiro atoms. The summed E-state index contributed by atoms with van der Waals surface area (Å²) in [6.07, 6.45) is 2.35. The predicted molar refractivity (Wildman–Crippen MR) is 85.7 cm³/mol. The molecular formula is C14H21N3O2S2. The van der Waals surface area contributed by atoms with Crippen molar-refractivity contribution >= 4 is 21.4 Å². The number of hydrogen-bond acceptors (Lipinski definition) is 4. The topological polar surface area (TPSA) is 77.1 Å². The van der Waals surface area contributed by atoms with Gasteiger partial charge in [0.1, 0.15) is 0 Å². The molecule has 116 valence electrons. The molecule has 21 heavy (non-hydrogen) atoms. The van der Waals surface area contributed by atoms with E-state index in [1.165, 1.54) is 0 Å². The lowest BCUT2D eigenvalue weighted by Gasteiger charge is -2.14. The number of aryl methyl sites for hydroxylation is 1. The number of nitrogens with one attached hydrogen (secondary N) is 1. The third kappa shape index (κ3) is 3.55. The van der Waals surface area contributed by atoms with Gasteiger partial charge in [-0.15, -0.1) is 11.3 Å². The van der Waals surface area contributed by atoms with Crippen LogP contribution in [-0.4, -0.2) is 13.0 Å². The molecule has 2 heterocycles. The number of nitrogens with zero attached hydrogens (tertiary/aromatic N) is 1. The molecule has 2 rings (SSSR count). The maximum absolute atomic E-state index is 12.5. The van der Waals surface area contributed by atoms with Gasteiger partial charge in [0.05, 0.1) is 10.9 Å². The molecule has 0 bridgehead atoms. The van der Waals surface area contributed by atoms with Gasteiger partial charge in [-0.2, -0.15) is 0 Å². The van der Waals surface area contributed by atoms with Crippen molar-refractivity contribution in [2.45, 2.75) is 44.3 Å². The molecule has 0 saturated carbocycles. The van der Waals surface area contributed by atoms with Crippen LogP contribution in [-0.2, 0) is 23.1 Å². The van der Waals surface area contributed by atoms with Crippen LogP contribution in [0.15, 0.2) is 34.7 Å². The molecule has 0 saturated heterocycles. The molecule has 2 aromatic rings. The van der Waals surface area contributed by atoms with Gasteiger partial charge in [-0.3, -0.25) is 0 Å². The Kier molecular flexibility index (Phi) is 5.21. The summed E-state index contributed by atoms with van der Waals surface area (Å²) in [6, 6.07) is 5.33. The number of sulfonamides is 1. The molecule has 3 N–H and O–H groups in total. The molecule has 7 heteroatoms. The van der Waals surface area contributed by atoms with E-state index in [2.05, 4.69) is 4.72 Å². The van der Waals surface area contributed by atoms with E-state index in [-0.39, 0.29) is 10.9 Å². The van der Waals surface area contributed by atoms with E-state index in [4.69, 9.17) is 5.73 Å². The van der Waals surface area contributed by atoms with Crippen molar-refractivity contribution in [2.75, 3.05) is 0 Å². The van der Waals surface area contributed by atoms with Gasteiger partial charge in [0.15, 0.2) is 0 Å². The third-order valence-electron chi connectivity index (χ3n) is 3.41. The van der Waals surface area contributed by atoms with Gasteiger partial charge in [-0.1, -0.05) is 13.0 Å². The number of hydrogen-bond donors (Lipinski definition) is 2. The quantitative estimate of drug-likeness (QED) is 0.820. The minimum Gasteiger partial charge on any atom is -0.349 e. The minimum atomic E-state index is -3.54. The Morgan fingerprint density at radius 1 is 1.43 bits per heavy atom. The zero-order valence-electron chi connectivity index (χ0n) is 12.2. The van der Waals surface area contributed by atoms with Crippen LogP contribution in [0.4, 0.5) is 0 Å². The van der Waals surface area contributed by atoms with Gasteiger partial charge in [-0.25, -0.2) is 13.1 Å². The zero-order valence-corrected chi connectivity index (χ0v) is 13.9. The summed E-state index contributed by atoms with van der Waals surface area (Å²) in [6.45, 7) is 4.95. The van der Waals surface area contributed by atoms with Crippen molar-refractivity contribution in [3.8, 4) is 0 Å². The molecular weight excluding hydrogens is 306 g/mol. The van der Waals surface area contributed by atoms with Crippen LogP contribution in [0.3, 0.4) is 0 Å². The summed E-state index contributed by atoms with van der Waals surface area (Å²) in [5.41, 5.74) is 6.47. The second kappa shape index (κ2) is 6.74. The van der Waals surface area contributed by atoms with E-state index in [0.29, 0.717) is 19.5 Å². The Hall–Kier alpha value is -1.15. The molecule has 1 unspecified atom stereocenters. The average Bonchev–Trinajstić information content (AvgIpc) is 3.13. The Labute approximate surface area is 129 Å². The van der Waals surface area contributed by atoms with Crippen LogP contribution in [0.25, 0.3) is 0 Å². The van der Waals surface area contributed by atoms with Crippen LogP contribution in [0, 0.1) is 0 Å². The largest absolute Gasteiger partial charge is 0.349 e. The fraction of sp³-hybridized carbons (Fsp3) is 0.429. The molecule has 0 aliphatic rings. The highest BCUT2D eigenvalue weighted by Gasteiger charge is 2.22. The SMILES string of the molecule is CCC(NS(=O)(=O)c1cc(CN)n(CC)c1)c1cccs1. The Balaban J connectivity index is 2.27. The third-order valence-corrected chi connectivity index (χ3v) is 5.84. The summed E-state index contributed by atoms with van der Waals surface area (Å²) in [4.78, 5) is 1.30. The van der Waals surface area contributed by atoms with Crippen LogP contribution in [0.2, 0.25) is 0 Å². The lowest BCUT2D eigenvalue weighted by molar-refractivity contribution is 0.553. The van der Waals surface area contributed by atoms with Crippen LogP contribution < -0.4 is 10.5 Å². The number of rotatable bonds is 7. The lowest BCUT2D eigenvalue weighted by atomic mass is 10.2. The zero-order chi connectivity index (χ0) is 15.5. The molecule has 1 atom stereocenters. The van der Waals surface area contributed by atoms with Gasteiger partial charge in [0.2, 0.25) is 10.0 Å². The number of thiophene rings is 1. The molecule has 0 aliphatic heterocycles. The highest BCUT2D eigenvalue weighted by molar-refractivity contribution is 7.89. The van der Waals surface area contributed by atoms with E-state index < -0.39 is 10.0 Å². The summed E-state index contributed by atoms with van der Waals surface area (Å²) in [7, 11) is -3.54. The van der Waals surface area contributed by atoms with Crippen molar-refractivity contribution in [1.82, 2.24) is 9.29 Å². The second-order valence-electron chi connectivity index (χ2n) is 4.75. The van der Waals surface area contributed by atoms with Gasteiger partial charge in [0.25, 0.3) is 0 Å². The Morgan fingerprint density at radius 3 is 2.67 bits per heavy atom. The van der Waals surface area contributed by atoms with Crippen molar-refractivity contribution in [1.29, 1.82) is 0 Å². The van der Waals surface area contributed by atoms with E-state index in [0.717, 1.165) is 10.6 Å². The first-order valence-corrected chi connectivity index (χ1v) is 9.33. The van der Waals surface area contributed by atoms with Crippen molar-refractivity contribution in [2.24, 2.45) is 5.73 Å². The maximum Gasteiger partial charge on any atom is 0.242 e. The van der Waals surface area contributed by atoms with E-state index in [9.17, 15) is 8.42 Å². The van der Waals surface area contributed by atoms with Gasteiger partial charge < -0.3 is 10.3 Å². The Morgan fingerprint density at radius 2 is 2.19 bits per heavy atom. The van der Waals surface area contributed by atoms with Gasteiger partial charge in [-0.05, 0) is 30.9 Å². The van der Waals surface area contributed by atoms with Crippen LogP contribution in [0.1, 0.15) is 36.9 Å². The van der Waals surface area contributed by atoms with E-state index in [1.807, 2.05) is 35.9 Å². The first kappa shape index (κ1) is 16.2. The average molecular weight is 327 g/mol. The molecule has 5 nitrogen and oxygen atoms in total. The van der Waals surface area contributed by atoms with Gasteiger partial charge >= 0.3 is 0 Å². The normalized spacial score (nSPS) is 13.5. The van der Waals surface area contributed by atoms with E-state index >= 15 is 0 Å². The second-order valence-corrected chi connectivity index (χ2v) is 7.45. The Bertz CT molecular complexity index is 654. The van der Waals surface area contributed by atoms with E-state index in [1.54, 1.807) is 23.6 Å². The van der Waals surface area contributed by atoms with Crippen molar-refractivity contribution < 1.29 is 8.42 Å². The van der Waals surface area contributed by atoms with Crippen molar-refractivity contribution in [3.63, 3.8) is 0 Å². The molecule has 0 aliphatic carbocycles. The molecule has 2 aromatic heterocycles. The van der Waals surface area contributed by atoms with Crippen LogP contribution in [0.5, 0.6) is 0 Å². The first-order chi connectivity index (χ1) is 10.0.